The van der Waals surface area contributed by atoms with E-state index in [1.54, 1.807) is 6.20 Å². The van der Waals surface area contributed by atoms with Crippen LogP contribution in [0, 0.1) is 0 Å². The van der Waals surface area contributed by atoms with Gasteiger partial charge in [0.2, 0.25) is 0 Å². The highest BCUT2D eigenvalue weighted by Crippen LogP contribution is 2.42. The molecule has 21 heavy (non-hydrogen) atoms. The molecule has 2 unspecified atom stereocenters. The molecule has 0 aromatic carbocycles. The van der Waals surface area contributed by atoms with Gasteiger partial charge in [-0.2, -0.15) is 5.10 Å². The highest BCUT2D eigenvalue weighted by Gasteiger charge is 2.33. The van der Waals surface area contributed by atoms with Crippen LogP contribution in [0.1, 0.15) is 80.9 Å². The number of hydrogen-bond acceptors (Lipinski definition) is 3. The first kappa shape index (κ1) is 16.0. The van der Waals surface area contributed by atoms with E-state index in [9.17, 15) is 9.90 Å². The number of hydrogen-bond donors (Lipinski definition) is 2. The van der Waals surface area contributed by atoms with E-state index >= 15 is 0 Å². The van der Waals surface area contributed by atoms with E-state index < -0.39 is 6.10 Å². The number of rotatable bonds is 8. The van der Waals surface area contributed by atoms with Gasteiger partial charge in [0.1, 0.15) is 0 Å². The summed E-state index contributed by atoms with van der Waals surface area (Å²) in [6.07, 6.45) is 6.12. The first-order chi connectivity index (χ1) is 10.1. The molecule has 118 valence electrons. The molecule has 0 radical (unpaired) electrons. The Kier molecular flexibility index (Phi) is 5.39. The Hall–Kier alpha value is -1.36. The molecule has 1 saturated carbocycles. The van der Waals surface area contributed by atoms with Crippen molar-refractivity contribution in [2.24, 2.45) is 0 Å². The normalized spacial score (nSPS) is 17.5. The zero-order valence-electron chi connectivity index (χ0n) is 13.3. The van der Waals surface area contributed by atoms with E-state index in [-0.39, 0.29) is 5.91 Å². The lowest BCUT2D eigenvalue weighted by Crippen LogP contribution is -2.32. The molecular formula is C16H27N3O2. The molecule has 0 aliphatic heterocycles. The molecule has 2 atom stereocenters. The summed E-state index contributed by atoms with van der Waals surface area (Å²) in [5.74, 6) is 0.365. The lowest BCUT2D eigenvalue weighted by Gasteiger charge is -2.15. The van der Waals surface area contributed by atoms with Crippen molar-refractivity contribution in [2.45, 2.75) is 70.9 Å². The lowest BCUT2D eigenvalue weighted by atomic mass is 10.1. The van der Waals surface area contributed by atoms with Crippen molar-refractivity contribution in [1.29, 1.82) is 0 Å². The molecule has 1 heterocycles. The average molecular weight is 293 g/mol. The number of aromatic nitrogens is 2. The summed E-state index contributed by atoms with van der Waals surface area (Å²) >= 11 is 0. The second-order valence-electron chi connectivity index (χ2n) is 6.07. The molecule has 1 amide bonds. The maximum Gasteiger partial charge on any atom is 0.254 e. The molecule has 5 nitrogen and oxygen atoms in total. The molecule has 2 N–H and O–H groups in total. The molecule has 1 fully saturated rings. The largest absolute Gasteiger partial charge is 0.391 e. The first-order valence-corrected chi connectivity index (χ1v) is 8.12. The number of nitrogens with one attached hydrogen (secondary N) is 1. The molecule has 1 aromatic rings. The predicted octanol–water partition coefficient (Wildman–Crippen LogP) is 2.62. The maximum atomic E-state index is 12.4. The van der Waals surface area contributed by atoms with Gasteiger partial charge in [-0.25, -0.2) is 0 Å². The van der Waals surface area contributed by atoms with Gasteiger partial charge in [-0.3, -0.25) is 9.48 Å². The Balaban J connectivity index is 2.08. The van der Waals surface area contributed by atoms with E-state index in [1.165, 1.54) is 0 Å². The lowest BCUT2D eigenvalue weighted by molar-refractivity contribution is 0.0909. The summed E-state index contributed by atoms with van der Waals surface area (Å²) in [6, 6.07) is 0.313. The Morgan fingerprint density at radius 2 is 2.24 bits per heavy atom. The van der Waals surface area contributed by atoms with Crippen LogP contribution >= 0.6 is 0 Å². The third-order valence-electron chi connectivity index (χ3n) is 4.17. The smallest absolute Gasteiger partial charge is 0.254 e. The summed E-state index contributed by atoms with van der Waals surface area (Å²) in [5, 5.41) is 17.0. The van der Waals surface area contributed by atoms with Gasteiger partial charge in [-0.15, -0.1) is 0 Å². The quantitative estimate of drug-likeness (QED) is 0.774. The Labute approximate surface area is 126 Å². The van der Waals surface area contributed by atoms with Crippen LogP contribution in [0.5, 0.6) is 0 Å². The average Bonchev–Trinajstić information content (AvgIpc) is 3.22. The van der Waals surface area contributed by atoms with Crippen molar-refractivity contribution in [3.8, 4) is 0 Å². The van der Waals surface area contributed by atoms with Gasteiger partial charge in [0, 0.05) is 18.5 Å². The zero-order valence-corrected chi connectivity index (χ0v) is 13.3. The van der Waals surface area contributed by atoms with Gasteiger partial charge in [0.15, 0.2) is 0 Å². The second-order valence-corrected chi connectivity index (χ2v) is 6.07. The van der Waals surface area contributed by atoms with Gasteiger partial charge >= 0.3 is 0 Å². The highest BCUT2D eigenvalue weighted by molar-refractivity contribution is 5.95. The topological polar surface area (TPSA) is 67.2 Å². The van der Waals surface area contributed by atoms with Crippen LogP contribution in [0.15, 0.2) is 6.20 Å². The second kappa shape index (κ2) is 7.07. The number of aliphatic hydroxyl groups excluding tert-OH is 1. The minimum Gasteiger partial charge on any atom is -0.391 e. The van der Waals surface area contributed by atoms with Crippen LogP contribution in [0.3, 0.4) is 0 Å². The molecule has 0 saturated heterocycles. The van der Waals surface area contributed by atoms with E-state index in [2.05, 4.69) is 24.3 Å². The van der Waals surface area contributed by atoms with Crippen LogP contribution in [0.25, 0.3) is 0 Å². The van der Waals surface area contributed by atoms with Gasteiger partial charge in [-0.05, 0) is 32.6 Å². The summed E-state index contributed by atoms with van der Waals surface area (Å²) < 4.78 is 2.01. The SMILES string of the molecule is CCCC(O)CNC(=O)c1cnn(C(C)CC)c1C1CC1. The number of aliphatic hydroxyl groups is 1. The Morgan fingerprint density at radius 1 is 1.52 bits per heavy atom. The zero-order chi connectivity index (χ0) is 15.4. The van der Waals surface area contributed by atoms with Crippen LogP contribution < -0.4 is 5.32 Å². The minimum atomic E-state index is -0.465. The number of carbonyl (C=O) groups is 1. The highest BCUT2D eigenvalue weighted by atomic mass is 16.3. The molecule has 0 spiro atoms. The summed E-state index contributed by atoms with van der Waals surface area (Å²) in [4.78, 5) is 12.4. The molecule has 1 aliphatic carbocycles. The van der Waals surface area contributed by atoms with E-state index in [0.29, 0.717) is 30.5 Å². The van der Waals surface area contributed by atoms with Crippen molar-refractivity contribution >= 4 is 5.91 Å². The van der Waals surface area contributed by atoms with Gasteiger partial charge < -0.3 is 10.4 Å². The number of nitrogens with zero attached hydrogens (tertiary/aromatic N) is 2. The standard InChI is InChI=1S/C16H27N3O2/c1-4-6-13(20)9-17-16(21)14-10-18-19(11(3)5-2)15(14)12-7-8-12/h10-13,20H,4-9H2,1-3H3,(H,17,21). The van der Waals surface area contributed by atoms with Crippen molar-refractivity contribution in [2.75, 3.05) is 6.54 Å². The van der Waals surface area contributed by atoms with Crippen molar-refractivity contribution in [1.82, 2.24) is 15.1 Å². The van der Waals surface area contributed by atoms with E-state index in [0.717, 1.165) is 31.4 Å². The minimum absolute atomic E-state index is 0.110. The van der Waals surface area contributed by atoms with E-state index in [1.807, 2.05) is 11.6 Å². The Bertz CT molecular complexity index is 480. The molecule has 2 rings (SSSR count). The third kappa shape index (κ3) is 3.84. The summed E-state index contributed by atoms with van der Waals surface area (Å²) in [5.41, 5.74) is 1.76. The summed E-state index contributed by atoms with van der Waals surface area (Å²) in [6.45, 7) is 6.59. The van der Waals surface area contributed by atoms with E-state index in [4.69, 9.17) is 0 Å². The monoisotopic (exact) mass is 293 g/mol. The fraction of sp³-hybridized carbons (Fsp3) is 0.750. The van der Waals surface area contributed by atoms with Crippen LogP contribution in [-0.4, -0.2) is 33.4 Å². The van der Waals surface area contributed by atoms with Gasteiger partial charge in [0.05, 0.1) is 23.6 Å². The number of amides is 1. The van der Waals surface area contributed by atoms with Crippen molar-refractivity contribution < 1.29 is 9.90 Å². The van der Waals surface area contributed by atoms with Crippen molar-refractivity contribution in [3.05, 3.63) is 17.5 Å². The fourth-order valence-electron chi connectivity index (χ4n) is 2.58. The predicted molar refractivity (Wildman–Crippen MR) is 82.5 cm³/mol. The molecule has 1 aliphatic rings. The molecular weight excluding hydrogens is 266 g/mol. The third-order valence-corrected chi connectivity index (χ3v) is 4.17. The Morgan fingerprint density at radius 3 is 2.81 bits per heavy atom. The van der Waals surface area contributed by atoms with Crippen LogP contribution in [0.4, 0.5) is 0 Å². The summed E-state index contributed by atoms with van der Waals surface area (Å²) in [7, 11) is 0. The fourth-order valence-corrected chi connectivity index (χ4v) is 2.58. The molecule has 0 bridgehead atoms. The molecule has 1 aromatic heterocycles. The van der Waals surface area contributed by atoms with Crippen LogP contribution in [0.2, 0.25) is 0 Å². The van der Waals surface area contributed by atoms with Gasteiger partial charge in [-0.1, -0.05) is 20.3 Å². The molecule has 5 heteroatoms. The first-order valence-electron chi connectivity index (χ1n) is 8.12. The van der Waals surface area contributed by atoms with Crippen molar-refractivity contribution in [3.63, 3.8) is 0 Å². The number of carbonyl (C=O) groups excluding carboxylic acids is 1. The van der Waals surface area contributed by atoms with Crippen LogP contribution in [-0.2, 0) is 0 Å². The maximum absolute atomic E-state index is 12.4. The van der Waals surface area contributed by atoms with Gasteiger partial charge in [0.25, 0.3) is 5.91 Å².